The number of hydrogen-bond donors (Lipinski definition) is 1. The fraction of sp³-hybridized carbons (Fsp3) is 0.294. The molecule has 2 aromatic heterocycles. The van der Waals surface area contributed by atoms with Crippen LogP contribution < -0.4 is 5.32 Å². The zero-order valence-electron chi connectivity index (χ0n) is 13.6. The number of nitrogens with zero attached hydrogens (tertiary/aromatic N) is 4. The molecule has 0 atom stereocenters. The van der Waals surface area contributed by atoms with Gasteiger partial charge in [-0.15, -0.1) is 0 Å². The Labute approximate surface area is 138 Å². The maximum Gasteiger partial charge on any atom is 0.252 e. The summed E-state index contributed by atoms with van der Waals surface area (Å²) in [5, 5.41) is 6.88. The molecule has 0 aliphatic rings. The Hall–Kier alpha value is -2.83. The summed E-state index contributed by atoms with van der Waals surface area (Å²) in [5.74, 6) is 0.110. The largest absolute Gasteiger partial charge is 0.352 e. The number of carbonyl (C=O) groups excluding carboxylic acids is 1. The zero-order valence-corrected chi connectivity index (χ0v) is 13.6. The number of carbonyl (C=O) groups is 1. The lowest BCUT2D eigenvalue weighted by Gasteiger charge is -2.11. The van der Waals surface area contributed by atoms with Crippen LogP contribution in [0.2, 0.25) is 0 Å². The van der Waals surface area contributed by atoms with E-state index in [1.54, 1.807) is 22.7 Å². The monoisotopic (exact) mass is 327 g/mol. The predicted octanol–water partition coefficient (Wildman–Crippen LogP) is 2.13. The van der Waals surface area contributed by atoms with Crippen molar-refractivity contribution in [1.82, 2.24) is 24.9 Å². The lowest BCUT2D eigenvalue weighted by Crippen LogP contribution is -2.24. The van der Waals surface area contributed by atoms with Crippen molar-refractivity contribution in [2.24, 2.45) is 0 Å². The molecule has 2 heterocycles. The number of amides is 1. The van der Waals surface area contributed by atoms with Gasteiger partial charge in [-0.3, -0.25) is 4.79 Å². The topological polar surface area (TPSA) is 72.2 Å². The highest BCUT2D eigenvalue weighted by molar-refractivity contribution is 5.76. The average Bonchev–Trinajstić information content (AvgIpc) is 3.02. The summed E-state index contributed by atoms with van der Waals surface area (Å²) in [6, 6.07) is 6.41. The van der Waals surface area contributed by atoms with Gasteiger partial charge in [-0.25, -0.2) is 13.9 Å². The molecule has 24 heavy (non-hydrogen) atoms. The van der Waals surface area contributed by atoms with Crippen LogP contribution in [0, 0.1) is 19.7 Å². The molecular weight excluding hydrogens is 309 g/mol. The van der Waals surface area contributed by atoms with Crippen LogP contribution in [-0.4, -0.2) is 25.5 Å². The highest BCUT2D eigenvalue weighted by atomic mass is 19.1. The van der Waals surface area contributed by atoms with E-state index in [2.05, 4.69) is 20.4 Å². The molecule has 1 aromatic carbocycles. The minimum Gasteiger partial charge on any atom is -0.352 e. The van der Waals surface area contributed by atoms with Gasteiger partial charge in [0.25, 0.3) is 5.78 Å². The third kappa shape index (κ3) is 3.24. The standard InChI is InChI=1S/C17H18FN5O/c1-11-14(12(2)23-17(22-11)20-10-21-23)7-8-16(24)19-9-13-5-3-4-6-15(13)18/h3-6,10H,7-9H2,1-2H3,(H,19,24). The van der Waals surface area contributed by atoms with Crippen molar-refractivity contribution in [2.75, 3.05) is 0 Å². The van der Waals surface area contributed by atoms with Gasteiger partial charge in [0.15, 0.2) is 0 Å². The van der Waals surface area contributed by atoms with Crippen LogP contribution in [-0.2, 0) is 17.8 Å². The number of fused-ring (bicyclic) bond motifs is 1. The molecular formula is C17H18FN5O. The first-order valence-corrected chi connectivity index (χ1v) is 7.72. The minimum absolute atomic E-state index is 0.129. The van der Waals surface area contributed by atoms with E-state index in [1.807, 2.05) is 13.8 Å². The van der Waals surface area contributed by atoms with E-state index >= 15 is 0 Å². The second-order valence-electron chi connectivity index (χ2n) is 5.60. The molecule has 0 bridgehead atoms. The van der Waals surface area contributed by atoms with Crippen LogP contribution in [0.5, 0.6) is 0 Å². The number of halogens is 1. The van der Waals surface area contributed by atoms with Gasteiger partial charge in [-0.05, 0) is 31.9 Å². The first-order valence-electron chi connectivity index (χ1n) is 7.72. The maximum atomic E-state index is 13.5. The van der Waals surface area contributed by atoms with Gasteiger partial charge in [0.1, 0.15) is 12.1 Å². The van der Waals surface area contributed by atoms with Gasteiger partial charge in [0.05, 0.1) is 0 Å². The van der Waals surface area contributed by atoms with Gasteiger partial charge in [0, 0.05) is 29.9 Å². The molecule has 0 saturated carbocycles. The highest BCUT2D eigenvalue weighted by Crippen LogP contribution is 2.15. The first kappa shape index (κ1) is 16.0. The molecule has 7 heteroatoms. The lowest BCUT2D eigenvalue weighted by atomic mass is 10.1. The molecule has 0 radical (unpaired) electrons. The molecule has 0 aliphatic heterocycles. The first-order chi connectivity index (χ1) is 11.6. The lowest BCUT2D eigenvalue weighted by molar-refractivity contribution is -0.121. The van der Waals surface area contributed by atoms with E-state index in [0.29, 0.717) is 24.2 Å². The molecule has 1 N–H and O–H groups in total. The molecule has 0 unspecified atom stereocenters. The molecule has 124 valence electrons. The van der Waals surface area contributed by atoms with E-state index < -0.39 is 0 Å². The molecule has 0 aliphatic carbocycles. The summed E-state index contributed by atoms with van der Waals surface area (Å²) in [6.45, 7) is 4.01. The van der Waals surface area contributed by atoms with E-state index in [4.69, 9.17) is 0 Å². The van der Waals surface area contributed by atoms with Crippen LogP contribution in [0.15, 0.2) is 30.6 Å². The molecule has 1 amide bonds. The summed E-state index contributed by atoms with van der Waals surface area (Å²) in [4.78, 5) is 20.5. The molecule has 0 saturated heterocycles. The van der Waals surface area contributed by atoms with Crippen molar-refractivity contribution in [3.05, 3.63) is 58.9 Å². The van der Waals surface area contributed by atoms with Crippen molar-refractivity contribution >= 4 is 11.7 Å². The Morgan fingerprint density at radius 1 is 1.29 bits per heavy atom. The average molecular weight is 327 g/mol. The van der Waals surface area contributed by atoms with Crippen LogP contribution in [0.1, 0.15) is 28.9 Å². The number of aryl methyl sites for hydroxylation is 2. The van der Waals surface area contributed by atoms with Crippen molar-refractivity contribution in [1.29, 1.82) is 0 Å². The third-order valence-electron chi connectivity index (χ3n) is 4.02. The second-order valence-corrected chi connectivity index (χ2v) is 5.60. The number of hydrogen-bond acceptors (Lipinski definition) is 4. The molecule has 0 spiro atoms. The summed E-state index contributed by atoms with van der Waals surface area (Å²) in [7, 11) is 0. The van der Waals surface area contributed by atoms with Crippen molar-refractivity contribution in [2.45, 2.75) is 33.2 Å². The summed E-state index contributed by atoms with van der Waals surface area (Å²) in [6.07, 6.45) is 2.31. The Morgan fingerprint density at radius 3 is 2.88 bits per heavy atom. The van der Waals surface area contributed by atoms with Crippen LogP contribution in [0.4, 0.5) is 4.39 Å². The fourth-order valence-corrected chi connectivity index (χ4v) is 2.68. The van der Waals surface area contributed by atoms with Crippen molar-refractivity contribution < 1.29 is 9.18 Å². The predicted molar refractivity (Wildman–Crippen MR) is 86.8 cm³/mol. The molecule has 0 fully saturated rings. The molecule has 3 rings (SSSR count). The maximum absolute atomic E-state index is 13.5. The van der Waals surface area contributed by atoms with Gasteiger partial charge >= 0.3 is 0 Å². The number of benzene rings is 1. The minimum atomic E-state index is -0.315. The van der Waals surface area contributed by atoms with E-state index in [9.17, 15) is 9.18 Å². The normalized spacial score (nSPS) is 11.0. The summed E-state index contributed by atoms with van der Waals surface area (Å²) < 4.78 is 15.2. The van der Waals surface area contributed by atoms with Crippen LogP contribution in [0.25, 0.3) is 5.78 Å². The highest BCUT2D eigenvalue weighted by Gasteiger charge is 2.12. The Bertz CT molecular complexity index is 890. The quantitative estimate of drug-likeness (QED) is 0.779. The third-order valence-corrected chi connectivity index (χ3v) is 4.02. The Kier molecular flexibility index (Phi) is 4.50. The van der Waals surface area contributed by atoms with Crippen LogP contribution in [0.3, 0.4) is 0 Å². The molecule has 3 aromatic rings. The summed E-state index contributed by atoms with van der Waals surface area (Å²) >= 11 is 0. The van der Waals surface area contributed by atoms with Gasteiger partial charge in [-0.2, -0.15) is 10.1 Å². The smallest absolute Gasteiger partial charge is 0.252 e. The molecule has 6 nitrogen and oxygen atoms in total. The Morgan fingerprint density at radius 2 is 2.08 bits per heavy atom. The van der Waals surface area contributed by atoms with Gasteiger partial charge in [-0.1, -0.05) is 18.2 Å². The fourth-order valence-electron chi connectivity index (χ4n) is 2.68. The number of nitrogens with one attached hydrogen (secondary N) is 1. The van der Waals surface area contributed by atoms with E-state index in [0.717, 1.165) is 17.0 Å². The Balaban J connectivity index is 1.63. The van der Waals surface area contributed by atoms with Crippen LogP contribution >= 0.6 is 0 Å². The second kappa shape index (κ2) is 6.74. The van der Waals surface area contributed by atoms with Crippen molar-refractivity contribution in [3.8, 4) is 0 Å². The van der Waals surface area contributed by atoms with Gasteiger partial charge in [0.2, 0.25) is 5.91 Å². The number of rotatable bonds is 5. The van der Waals surface area contributed by atoms with Crippen molar-refractivity contribution in [3.63, 3.8) is 0 Å². The van der Waals surface area contributed by atoms with Gasteiger partial charge < -0.3 is 5.32 Å². The number of aromatic nitrogens is 4. The zero-order chi connectivity index (χ0) is 17.1. The van der Waals surface area contributed by atoms with E-state index in [1.165, 1.54) is 12.4 Å². The van der Waals surface area contributed by atoms with E-state index in [-0.39, 0.29) is 18.3 Å². The summed E-state index contributed by atoms with van der Waals surface area (Å²) in [5.41, 5.74) is 3.23. The SMILES string of the molecule is Cc1nc2ncnn2c(C)c1CCC(=O)NCc1ccccc1F.